The van der Waals surface area contributed by atoms with Gasteiger partial charge in [0, 0.05) is 11.8 Å². The van der Waals surface area contributed by atoms with E-state index < -0.39 is 0 Å². The van der Waals surface area contributed by atoms with Crippen molar-refractivity contribution in [2.45, 2.75) is 6.92 Å². The summed E-state index contributed by atoms with van der Waals surface area (Å²) in [5.41, 5.74) is 2.10. The molecule has 0 aliphatic rings. The predicted octanol–water partition coefficient (Wildman–Crippen LogP) is 3.66. The van der Waals surface area contributed by atoms with Gasteiger partial charge in [-0.05, 0) is 43.3 Å². The molecule has 0 fully saturated rings. The third-order valence-corrected chi connectivity index (χ3v) is 3.71. The zero-order valence-corrected chi connectivity index (χ0v) is 14.9. The topological polar surface area (TPSA) is 99.9 Å². The van der Waals surface area contributed by atoms with Crippen molar-refractivity contribution in [2.75, 3.05) is 17.7 Å². The first-order valence-electron chi connectivity index (χ1n) is 8.16. The first-order valence-corrected chi connectivity index (χ1v) is 8.16. The number of nitrogens with one attached hydrogen (secondary N) is 2. The van der Waals surface area contributed by atoms with Gasteiger partial charge >= 0.3 is 0 Å². The fourth-order valence-corrected chi connectivity index (χ4v) is 2.46. The first kappa shape index (κ1) is 17.9. The Labute approximate surface area is 156 Å². The van der Waals surface area contributed by atoms with E-state index in [-0.39, 0.29) is 11.6 Å². The number of para-hydroxylation sites is 2. The van der Waals surface area contributed by atoms with Gasteiger partial charge in [-0.3, -0.25) is 4.79 Å². The maximum Gasteiger partial charge on any atom is 0.274 e. The number of hydrogen-bond acceptors (Lipinski definition) is 6. The molecule has 1 amide bonds. The maximum atomic E-state index is 12.6. The molecule has 1 aromatic heterocycles. The van der Waals surface area contributed by atoms with Crippen LogP contribution in [0.15, 0.2) is 54.6 Å². The molecule has 134 valence electrons. The number of nitrogens with zero attached hydrogens (tertiary/aromatic N) is 3. The van der Waals surface area contributed by atoms with Crippen molar-refractivity contribution in [1.29, 1.82) is 5.26 Å². The molecule has 1 heterocycles. The van der Waals surface area contributed by atoms with E-state index in [0.29, 0.717) is 28.6 Å². The van der Waals surface area contributed by atoms with Crippen LogP contribution in [-0.2, 0) is 0 Å². The van der Waals surface area contributed by atoms with Crippen LogP contribution in [0.3, 0.4) is 0 Å². The zero-order valence-electron chi connectivity index (χ0n) is 14.9. The Morgan fingerprint density at radius 2 is 1.85 bits per heavy atom. The molecule has 0 aliphatic carbocycles. The SMILES string of the molecule is COc1ccccc1NC(=O)c1cc(Nc2ccc(C#N)cc2)nc(C)n1. The summed E-state index contributed by atoms with van der Waals surface area (Å²) in [6, 6.07) is 17.7. The minimum atomic E-state index is -0.368. The third-order valence-electron chi connectivity index (χ3n) is 3.71. The van der Waals surface area contributed by atoms with E-state index in [2.05, 4.69) is 26.7 Å². The summed E-state index contributed by atoms with van der Waals surface area (Å²) in [5, 5.41) is 14.8. The van der Waals surface area contributed by atoms with Gasteiger partial charge in [-0.2, -0.15) is 5.26 Å². The lowest BCUT2D eigenvalue weighted by atomic mass is 10.2. The summed E-state index contributed by atoms with van der Waals surface area (Å²) < 4.78 is 5.24. The maximum absolute atomic E-state index is 12.6. The lowest BCUT2D eigenvalue weighted by Crippen LogP contribution is -2.16. The number of rotatable bonds is 5. The Balaban J connectivity index is 1.81. The molecule has 7 nitrogen and oxygen atoms in total. The Kier molecular flexibility index (Phi) is 5.28. The summed E-state index contributed by atoms with van der Waals surface area (Å²) in [6.45, 7) is 1.71. The number of aryl methyl sites for hydroxylation is 1. The molecule has 27 heavy (non-hydrogen) atoms. The number of hydrogen-bond donors (Lipinski definition) is 2. The fourth-order valence-electron chi connectivity index (χ4n) is 2.46. The van der Waals surface area contributed by atoms with E-state index in [0.717, 1.165) is 5.69 Å². The second-order valence-electron chi connectivity index (χ2n) is 5.65. The summed E-state index contributed by atoms with van der Waals surface area (Å²) in [5.74, 6) is 1.14. The Morgan fingerprint density at radius 1 is 1.11 bits per heavy atom. The van der Waals surface area contributed by atoms with Gasteiger partial charge in [-0.15, -0.1) is 0 Å². The van der Waals surface area contributed by atoms with Crippen molar-refractivity contribution in [2.24, 2.45) is 0 Å². The van der Waals surface area contributed by atoms with E-state index in [1.807, 2.05) is 6.07 Å². The summed E-state index contributed by atoms with van der Waals surface area (Å²) in [6.07, 6.45) is 0. The number of anilines is 3. The van der Waals surface area contributed by atoms with Gasteiger partial charge < -0.3 is 15.4 Å². The van der Waals surface area contributed by atoms with Gasteiger partial charge in [-0.25, -0.2) is 9.97 Å². The average Bonchev–Trinajstić information content (AvgIpc) is 2.68. The van der Waals surface area contributed by atoms with E-state index in [1.165, 1.54) is 0 Å². The number of nitriles is 1. The van der Waals surface area contributed by atoms with Gasteiger partial charge in [0.25, 0.3) is 5.91 Å². The zero-order chi connectivity index (χ0) is 19.2. The molecule has 0 saturated carbocycles. The highest BCUT2D eigenvalue weighted by atomic mass is 16.5. The van der Waals surface area contributed by atoms with Crippen LogP contribution in [0.25, 0.3) is 0 Å². The van der Waals surface area contributed by atoms with Crippen LogP contribution in [-0.4, -0.2) is 23.0 Å². The average molecular weight is 359 g/mol. The van der Waals surface area contributed by atoms with Crippen LogP contribution in [0.5, 0.6) is 5.75 Å². The molecule has 0 atom stereocenters. The lowest BCUT2D eigenvalue weighted by molar-refractivity contribution is 0.102. The Bertz CT molecular complexity index is 1010. The summed E-state index contributed by atoms with van der Waals surface area (Å²) in [7, 11) is 1.54. The van der Waals surface area contributed by atoms with Crippen LogP contribution in [0.4, 0.5) is 17.2 Å². The molecule has 0 spiro atoms. The Morgan fingerprint density at radius 3 is 2.56 bits per heavy atom. The van der Waals surface area contributed by atoms with Gasteiger partial charge in [0.1, 0.15) is 23.1 Å². The largest absolute Gasteiger partial charge is 0.495 e. The van der Waals surface area contributed by atoms with E-state index >= 15 is 0 Å². The Hall–Kier alpha value is -3.92. The monoisotopic (exact) mass is 359 g/mol. The van der Waals surface area contributed by atoms with Crippen molar-refractivity contribution >= 4 is 23.1 Å². The molecule has 3 aromatic rings. The van der Waals surface area contributed by atoms with Gasteiger partial charge in [0.2, 0.25) is 0 Å². The van der Waals surface area contributed by atoms with Crippen LogP contribution < -0.4 is 15.4 Å². The van der Waals surface area contributed by atoms with E-state index in [1.54, 1.807) is 62.6 Å². The van der Waals surface area contributed by atoms with Gasteiger partial charge in [-0.1, -0.05) is 12.1 Å². The molecule has 3 rings (SSSR count). The van der Waals surface area contributed by atoms with Crippen LogP contribution in [0.2, 0.25) is 0 Å². The number of amides is 1. The smallest absolute Gasteiger partial charge is 0.274 e. The second kappa shape index (κ2) is 7.97. The molecule has 0 radical (unpaired) electrons. The summed E-state index contributed by atoms with van der Waals surface area (Å²) >= 11 is 0. The van der Waals surface area contributed by atoms with Crippen molar-refractivity contribution in [3.8, 4) is 11.8 Å². The highest BCUT2D eigenvalue weighted by molar-refractivity contribution is 6.04. The molecule has 2 N–H and O–H groups in total. The molecule has 7 heteroatoms. The van der Waals surface area contributed by atoms with Crippen LogP contribution in [0.1, 0.15) is 21.9 Å². The van der Waals surface area contributed by atoms with Crippen molar-refractivity contribution in [3.63, 3.8) is 0 Å². The fraction of sp³-hybridized carbons (Fsp3) is 0.100. The van der Waals surface area contributed by atoms with Crippen molar-refractivity contribution in [1.82, 2.24) is 9.97 Å². The van der Waals surface area contributed by atoms with E-state index in [4.69, 9.17) is 10.00 Å². The molecular weight excluding hydrogens is 342 g/mol. The minimum absolute atomic E-state index is 0.226. The number of aromatic nitrogens is 2. The molecule has 0 aliphatic heterocycles. The number of ether oxygens (including phenoxy) is 1. The number of carbonyl (C=O) groups is 1. The second-order valence-corrected chi connectivity index (χ2v) is 5.65. The summed E-state index contributed by atoms with van der Waals surface area (Å²) in [4.78, 5) is 21.1. The third kappa shape index (κ3) is 4.38. The predicted molar refractivity (Wildman–Crippen MR) is 102 cm³/mol. The number of benzene rings is 2. The molecule has 0 bridgehead atoms. The van der Waals surface area contributed by atoms with Crippen LogP contribution >= 0.6 is 0 Å². The number of methoxy groups -OCH3 is 1. The van der Waals surface area contributed by atoms with Crippen molar-refractivity contribution in [3.05, 3.63) is 71.7 Å². The highest BCUT2D eigenvalue weighted by Crippen LogP contribution is 2.24. The highest BCUT2D eigenvalue weighted by Gasteiger charge is 2.13. The van der Waals surface area contributed by atoms with E-state index in [9.17, 15) is 4.79 Å². The lowest BCUT2D eigenvalue weighted by Gasteiger charge is -2.11. The minimum Gasteiger partial charge on any atom is -0.495 e. The molecule has 0 saturated heterocycles. The van der Waals surface area contributed by atoms with Crippen LogP contribution in [0, 0.1) is 18.3 Å². The van der Waals surface area contributed by atoms with Gasteiger partial charge in [0.15, 0.2) is 0 Å². The van der Waals surface area contributed by atoms with Gasteiger partial charge in [0.05, 0.1) is 24.4 Å². The molecular formula is C20H17N5O2. The first-order chi connectivity index (χ1) is 13.1. The molecule has 2 aromatic carbocycles. The normalized spacial score (nSPS) is 9.96. The van der Waals surface area contributed by atoms with Crippen molar-refractivity contribution < 1.29 is 9.53 Å². The molecule has 0 unspecified atom stereocenters. The number of carbonyl (C=O) groups excluding carboxylic acids is 1. The standard InChI is InChI=1S/C20H17N5O2/c1-13-22-17(20(26)25-16-5-3-4-6-18(16)27-2)11-19(23-13)24-15-9-7-14(12-21)8-10-15/h3-11H,1-2H3,(H,25,26)(H,22,23,24). The quantitative estimate of drug-likeness (QED) is 0.721.